The van der Waals surface area contributed by atoms with Gasteiger partial charge in [0.25, 0.3) is 0 Å². The van der Waals surface area contributed by atoms with E-state index < -0.39 is 0 Å². The number of fused-ring (bicyclic) bond motifs is 1. The zero-order valence-corrected chi connectivity index (χ0v) is 17.3. The fourth-order valence-electron chi connectivity index (χ4n) is 4.90. The van der Waals surface area contributed by atoms with E-state index in [0.717, 1.165) is 55.0 Å². The second kappa shape index (κ2) is 7.26. The van der Waals surface area contributed by atoms with Gasteiger partial charge in [-0.15, -0.1) is 0 Å². The number of allylic oxidation sites excluding steroid dienone is 1. The molecule has 1 saturated heterocycles. The molecule has 0 spiro atoms. The third kappa shape index (κ3) is 3.54. The number of ketones is 1. The molecule has 28 heavy (non-hydrogen) atoms. The zero-order chi connectivity index (χ0) is 19.9. The second-order valence-electron chi connectivity index (χ2n) is 9.22. The first-order valence-corrected chi connectivity index (χ1v) is 10.5. The average molecular weight is 382 g/mol. The van der Waals surface area contributed by atoms with Gasteiger partial charge in [-0.25, -0.2) is 0 Å². The Hall–Kier alpha value is -2.30. The van der Waals surface area contributed by atoms with Gasteiger partial charge < -0.3 is 15.1 Å². The molecule has 1 amide bonds. The van der Waals surface area contributed by atoms with Crippen LogP contribution in [0.3, 0.4) is 0 Å². The minimum atomic E-state index is -0.122. The number of benzene rings is 1. The van der Waals surface area contributed by atoms with E-state index in [-0.39, 0.29) is 23.1 Å². The number of hydrogen-bond donors (Lipinski definition) is 1. The smallest absolute Gasteiger partial charge is 0.242 e. The largest absolute Gasteiger partial charge is 0.357 e. The van der Waals surface area contributed by atoms with Crippen molar-refractivity contribution in [1.82, 2.24) is 4.90 Å². The minimum Gasteiger partial charge on any atom is -0.357 e. The van der Waals surface area contributed by atoms with E-state index in [4.69, 9.17) is 0 Å². The molecular weight excluding hydrogens is 350 g/mol. The lowest BCUT2D eigenvalue weighted by Crippen LogP contribution is -2.47. The number of nitrogens with one attached hydrogen (secondary N) is 1. The number of para-hydroxylation sites is 2. The highest BCUT2D eigenvalue weighted by Crippen LogP contribution is 2.43. The number of anilines is 2. The molecule has 1 aliphatic carbocycles. The summed E-state index contributed by atoms with van der Waals surface area (Å²) in [6, 6.07) is 7.98. The number of nitrogens with zero attached hydrogens (tertiary/aromatic N) is 2. The number of amides is 1. The fraction of sp³-hybridized carbons (Fsp3) is 0.565. The minimum absolute atomic E-state index is 0.0453. The molecule has 0 saturated carbocycles. The lowest BCUT2D eigenvalue weighted by atomic mass is 9.74. The third-order valence-corrected chi connectivity index (χ3v) is 6.32. The Morgan fingerprint density at radius 1 is 1.14 bits per heavy atom. The lowest BCUT2D eigenvalue weighted by molar-refractivity contribution is -0.130. The SMILES string of the molecule is C[C@H]1C2=C(CC(C)(C)CC2=O)Nc2ccccc2N1CC(=O)N1CCCCC1. The molecule has 1 N–H and O–H groups in total. The van der Waals surface area contributed by atoms with Gasteiger partial charge in [0.05, 0.1) is 24.0 Å². The number of likely N-dealkylation sites (tertiary alicyclic amines) is 1. The predicted molar refractivity (Wildman–Crippen MR) is 112 cm³/mol. The van der Waals surface area contributed by atoms with Crippen molar-refractivity contribution in [3.05, 3.63) is 35.5 Å². The van der Waals surface area contributed by atoms with Gasteiger partial charge >= 0.3 is 0 Å². The molecule has 1 fully saturated rings. The molecule has 0 bridgehead atoms. The zero-order valence-electron chi connectivity index (χ0n) is 17.3. The molecule has 2 heterocycles. The van der Waals surface area contributed by atoms with Crippen LogP contribution in [0.25, 0.3) is 0 Å². The average Bonchev–Trinajstić information content (AvgIpc) is 2.76. The Morgan fingerprint density at radius 3 is 2.61 bits per heavy atom. The van der Waals surface area contributed by atoms with Crippen LogP contribution in [-0.4, -0.2) is 42.3 Å². The number of rotatable bonds is 2. The number of hydrogen-bond acceptors (Lipinski definition) is 4. The quantitative estimate of drug-likeness (QED) is 0.842. The molecule has 1 aromatic rings. The molecule has 1 atom stereocenters. The Balaban J connectivity index is 1.70. The maximum atomic E-state index is 13.1. The van der Waals surface area contributed by atoms with Gasteiger partial charge in [0.15, 0.2) is 5.78 Å². The molecule has 0 radical (unpaired) electrons. The summed E-state index contributed by atoms with van der Waals surface area (Å²) in [7, 11) is 0. The van der Waals surface area contributed by atoms with E-state index in [9.17, 15) is 9.59 Å². The standard InChI is InChI=1S/C23H31N3O2/c1-16-22-18(13-23(2,3)14-20(22)27)24-17-9-5-6-10-19(17)26(16)15-21(28)25-11-7-4-8-12-25/h5-6,9-10,16,24H,4,7-8,11-15H2,1-3H3/t16-/m0/s1. The van der Waals surface area contributed by atoms with Gasteiger partial charge in [0, 0.05) is 30.8 Å². The van der Waals surface area contributed by atoms with Crippen LogP contribution in [0.15, 0.2) is 35.5 Å². The topological polar surface area (TPSA) is 52.7 Å². The van der Waals surface area contributed by atoms with Crippen LogP contribution >= 0.6 is 0 Å². The molecule has 4 rings (SSSR count). The van der Waals surface area contributed by atoms with Crippen molar-refractivity contribution in [2.75, 3.05) is 29.9 Å². The Bertz CT molecular complexity index is 821. The van der Waals surface area contributed by atoms with Gasteiger partial charge in [0.2, 0.25) is 5.91 Å². The summed E-state index contributed by atoms with van der Waals surface area (Å²) in [5.74, 6) is 0.364. The van der Waals surface area contributed by atoms with Crippen LogP contribution in [-0.2, 0) is 9.59 Å². The highest BCUT2D eigenvalue weighted by atomic mass is 16.2. The van der Waals surface area contributed by atoms with Crippen molar-refractivity contribution in [1.29, 1.82) is 0 Å². The van der Waals surface area contributed by atoms with Gasteiger partial charge in [-0.3, -0.25) is 9.59 Å². The first-order valence-electron chi connectivity index (χ1n) is 10.5. The third-order valence-electron chi connectivity index (χ3n) is 6.32. The number of Topliss-reactive ketones (excluding diaryl/α,β-unsaturated/α-hetero) is 1. The summed E-state index contributed by atoms with van der Waals surface area (Å²) >= 11 is 0. The normalized spacial score (nSPS) is 24.2. The van der Waals surface area contributed by atoms with Crippen molar-refractivity contribution in [2.24, 2.45) is 5.41 Å². The van der Waals surface area contributed by atoms with Crippen molar-refractivity contribution in [3.8, 4) is 0 Å². The van der Waals surface area contributed by atoms with Gasteiger partial charge in [-0.2, -0.15) is 0 Å². The van der Waals surface area contributed by atoms with E-state index in [1.165, 1.54) is 6.42 Å². The van der Waals surface area contributed by atoms with E-state index >= 15 is 0 Å². The summed E-state index contributed by atoms with van der Waals surface area (Å²) in [6.45, 7) is 8.38. The Morgan fingerprint density at radius 2 is 1.86 bits per heavy atom. The number of carbonyl (C=O) groups is 2. The van der Waals surface area contributed by atoms with E-state index in [2.05, 4.69) is 37.1 Å². The Labute approximate surface area is 167 Å². The van der Waals surface area contributed by atoms with E-state index in [1.54, 1.807) is 0 Å². The van der Waals surface area contributed by atoms with E-state index in [0.29, 0.717) is 13.0 Å². The van der Waals surface area contributed by atoms with Gasteiger partial charge in [-0.05, 0) is 50.2 Å². The van der Waals surface area contributed by atoms with Crippen LogP contribution < -0.4 is 10.2 Å². The summed E-state index contributed by atoms with van der Waals surface area (Å²) < 4.78 is 0. The van der Waals surface area contributed by atoms with Crippen molar-refractivity contribution in [2.45, 2.75) is 58.9 Å². The summed E-state index contributed by atoms with van der Waals surface area (Å²) in [4.78, 5) is 30.2. The van der Waals surface area contributed by atoms with Gasteiger partial charge in [-0.1, -0.05) is 26.0 Å². The Kier molecular flexibility index (Phi) is 4.94. The van der Waals surface area contributed by atoms with Crippen LogP contribution in [0.4, 0.5) is 11.4 Å². The highest BCUT2D eigenvalue weighted by molar-refractivity contribution is 6.01. The maximum absolute atomic E-state index is 13.1. The lowest BCUT2D eigenvalue weighted by Gasteiger charge is -2.37. The van der Waals surface area contributed by atoms with Crippen LogP contribution in [0, 0.1) is 5.41 Å². The maximum Gasteiger partial charge on any atom is 0.242 e. The molecule has 2 aliphatic heterocycles. The molecule has 0 unspecified atom stereocenters. The molecule has 3 aliphatic rings. The molecular formula is C23H31N3O2. The monoisotopic (exact) mass is 381 g/mol. The second-order valence-corrected chi connectivity index (χ2v) is 9.22. The first kappa shape index (κ1) is 19.0. The molecule has 0 aromatic heterocycles. The first-order chi connectivity index (χ1) is 13.4. The van der Waals surface area contributed by atoms with Gasteiger partial charge in [0.1, 0.15) is 0 Å². The summed E-state index contributed by atoms with van der Waals surface area (Å²) in [6.07, 6.45) is 4.78. The van der Waals surface area contributed by atoms with E-state index in [1.807, 2.05) is 23.1 Å². The summed E-state index contributed by atoms with van der Waals surface area (Å²) in [5.41, 5.74) is 3.81. The van der Waals surface area contributed by atoms with Crippen molar-refractivity contribution >= 4 is 23.1 Å². The molecule has 1 aromatic carbocycles. The van der Waals surface area contributed by atoms with Crippen molar-refractivity contribution < 1.29 is 9.59 Å². The summed E-state index contributed by atoms with van der Waals surface area (Å²) in [5, 5.41) is 3.55. The molecule has 5 nitrogen and oxygen atoms in total. The molecule has 5 heteroatoms. The fourth-order valence-corrected chi connectivity index (χ4v) is 4.90. The number of piperidine rings is 1. The highest BCUT2D eigenvalue weighted by Gasteiger charge is 2.39. The van der Waals surface area contributed by atoms with Crippen LogP contribution in [0.5, 0.6) is 0 Å². The van der Waals surface area contributed by atoms with Crippen LogP contribution in [0.1, 0.15) is 52.9 Å². The van der Waals surface area contributed by atoms with Crippen molar-refractivity contribution in [3.63, 3.8) is 0 Å². The molecule has 150 valence electrons. The number of carbonyl (C=O) groups excluding carboxylic acids is 2. The van der Waals surface area contributed by atoms with Crippen LogP contribution in [0.2, 0.25) is 0 Å². The predicted octanol–water partition coefficient (Wildman–Crippen LogP) is 3.96.